The van der Waals surface area contributed by atoms with Crippen LogP contribution in [0, 0.1) is 18.7 Å². The Morgan fingerprint density at radius 3 is 2.95 bits per heavy atom. The minimum Gasteiger partial charge on any atom is -0.481 e. The van der Waals surface area contributed by atoms with Gasteiger partial charge in [-0.1, -0.05) is 6.07 Å². The SMILES string of the molecule is Cc1ccc(F)cc1NC(=O)N1CCC(CC(=O)O)C1. The molecule has 1 unspecified atom stereocenters. The van der Waals surface area contributed by atoms with Gasteiger partial charge in [-0.15, -0.1) is 0 Å². The summed E-state index contributed by atoms with van der Waals surface area (Å²) >= 11 is 0. The molecule has 1 atom stereocenters. The Balaban J connectivity index is 1.96. The van der Waals surface area contributed by atoms with E-state index in [1.54, 1.807) is 17.9 Å². The van der Waals surface area contributed by atoms with Crippen molar-refractivity contribution in [3.05, 3.63) is 29.6 Å². The van der Waals surface area contributed by atoms with Crippen LogP contribution in [0.1, 0.15) is 18.4 Å². The van der Waals surface area contributed by atoms with E-state index >= 15 is 0 Å². The Bertz CT molecular complexity index is 533. The van der Waals surface area contributed by atoms with Crippen LogP contribution in [-0.2, 0) is 4.79 Å². The molecule has 5 nitrogen and oxygen atoms in total. The maximum Gasteiger partial charge on any atom is 0.321 e. The second kappa shape index (κ2) is 5.90. The third-order valence-electron chi connectivity index (χ3n) is 3.48. The molecule has 0 radical (unpaired) electrons. The lowest BCUT2D eigenvalue weighted by Crippen LogP contribution is -2.33. The maximum absolute atomic E-state index is 13.2. The number of benzene rings is 1. The number of urea groups is 1. The van der Waals surface area contributed by atoms with Gasteiger partial charge in [-0.25, -0.2) is 9.18 Å². The summed E-state index contributed by atoms with van der Waals surface area (Å²) in [6, 6.07) is 3.90. The van der Waals surface area contributed by atoms with Gasteiger partial charge in [0.25, 0.3) is 0 Å². The van der Waals surface area contributed by atoms with Crippen molar-refractivity contribution in [3.8, 4) is 0 Å². The van der Waals surface area contributed by atoms with Gasteiger partial charge in [-0.05, 0) is 37.0 Å². The van der Waals surface area contributed by atoms with E-state index in [2.05, 4.69) is 5.32 Å². The van der Waals surface area contributed by atoms with Crippen molar-refractivity contribution in [2.75, 3.05) is 18.4 Å². The van der Waals surface area contributed by atoms with E-state index in [9.17, 15) is 14.0 Å². The van der Waals surface area contributed by atoms with Crippen LogP contribution in [0.15, 0.2) is 18.2 Å². The zero-order chi connectivity index (χ0) is 14.7. The lowest BCUT2D eigenvalue weighted by atomic mass is 10.1. The lowest BCUT2D eigenvalue weighted by molar-refractivity contribution is -0.138. The molecule has 0 bridgehead atoms. The monoisotopic (exact) mass is 280 g/mol. The Labute approximate surface area is 116 Å². The molecule has 6 heteroatoms. The van der Waals surface area contributed by atoms with Crippen molar-refractivity contribution >= 4 is 17.7 Å². The average Bonchev–Trinajstić information content (AvgIpc) is 2.81. The molecular formula is C14H17FN2O3. The number of carboxylic acids is 1. The zero-order valence-corrected chi connectivity index (χ0v) is 11.2. The summed E-state index contributed by atoms with van der Waals surface area (Å²) in [5.74, 6) is -1.26. The molecule has 0 aliphatic carbocycles. The first kappa shape index (κ1) is 14.3. The summed E-state index contributed by atoms with van der Waals surface area (Å²) in [4.78, 5) is 24.3. The zero-order valence-electron chi connectivity index (χ0n) is 11.2. The van der Waals surface area contributed by atoms with E-state index in [1.165, 1.54) is 12.1 Å². The van der Waals surface area contributed by atoms with Crippen LogP contribution in [0.25, 0.3) is 0 Å². The van der Waals surface area contributed by atoms with Gasteiger partial charge in [0.2, 0.25) is 0 Å². The number of aryl methyl sites for hydroxylation is 1. The summed E-state index contributed by atoms with van der Waals surface area (Å²) in [5.41, 5.74) is 1.22. The van der Waals surface area contributed by atoms with E-state index < -0.39 is 11.8 Å². The minimum atomic E-state index is -0.849. The number of carbonyl (C=O) groups is 2. The number of nitrogens with one attached hydrogen (secondary N) is 1. The molecule has 0 spiro atoms. The summed E-state index contributed by atoms with van der Waals surface area (Å²) in [5, 5.41) is 11.4. The number of nitrogens with zero attached hydrogens (tertiary/aromatic N) is 1. The fourth-order valence-corrected chi connectivity index (χ4v) is 2.35. The summed E-state index contributed by atoms with van der Waals surface area (Å²) < 4.78 is 13.2. The van der Waals surface area contributed by atoms with Crippen LogP contribution in [-0.4, -0.2) is 35.1 Å². The van der Waals surface area contributed by atoms with Gasteiger partial charge >= 0.3 is 12.0 Å². The molecule has 20 heavy (non-hydrogen) atoms. The van der Waals surface area contributed by atoms with Crippen molar-refractivity contribution in [1.29, 1.82) is 0 Å². The van der Waals surface area contributed by atoms with Gasteiger partial charge in [0.15, 0.2) is 0 Å². The number of anilines is 1. The van der Waals surface area contributed by atoms with Crippen LogP contribution in [0.3, 0.4) is 0 Å². The molecular weight excluding hydrogens is 263 g/mol. The fraction of sp³-hybridized carbons (Fsp3) is 0.429. The van der Waals surface area contributed by atoms with Crippen molar-refractivity contribution < 1.29 is 19.1 Å². The minimum absolute atomic E-state index is 0.00754. The molecule has 2 amide bonds. The highest BCUT2D eigenvalue weighted by Gasteiger charge is 2.27. The van der Waals surface area contributed by atoms with Gasteiger partial charge in [-0.3, -0.25) is 4.79 Å². The van der Waals surface area contributed by atoms with E-state index in [1.807, 2.05) is 0 Å². The molecule has 2 N–H and O–H groups in total. The number of hydrogen-bond donors (Lipinski definition) is 2. The van der Waals surface area contributed by atoms with Gasteiger partial charge in [0, 0.05) is 25.2 Å². The second-order valence-electron chi connectivity index (χ2n) is 5.09. The van der Waals surface area contributed by atoms with Crippen LogP contribution in [0.2, 0.25) is 0 Å². The van der Waals surface area contributed by atoms with Crippen LogP contribution in [0.5, 0.6) is 0 Å². The predicted octanol–water partition coefficient (Wildman–Crippen LogP) is 2.46. The quantitative estimate of drug-likeness (QED) is 0.893. The number of carbonyl (C=O) groups excluding carboxylic acids is 1. The van der Waals surface area contributed by atoms with Gasteiger partial charge in [0.05, 0.1) is 0 Å². The van der Waals surface area contributed by atoms with Crippen molar-refractivity contribution in [3.63, 3.8) is 0 Å². The van der Waals surface area contributed by atoms with Gasteiger partial charge in [0.1, 0.15) is 5.82 Å². The van der Waals surface area contributed by atoms with Crippen LogP contribution >= 0.6 is 0 Å². The third kappa shape index (κ3) is 3.46. The van der Waals surface area contributed by atoms with Crippen molar-refractivity contribution in [2.24, 2.45) is 5.92 Å². The first-order valence-corrected chi connectivity index (χ1v) is 6.49. The number of rotatable bonds is 3. The van der Waals surface area contributed by atoms with E-state index in [-0.39, 0.29) is 18.4 Å². The highest BCUT2D eigenvalue weighted by Crippen LogP contribution is 2.22. The molecule has 1 aliphatic heterocycles. The molecule has 0 aromatic heterocycles. The topological polar surface area (TPSA) is 69.6 Å². The smallest absolute Gasteiger partial charge is 0.321 e. The largest absolute Gasteiger partial charge is 0.481 e. The Morgan fingerprint density at radius 2 is 2.25 bits per heavy atom. The molecule has 1 aromatic rings. The number of amides is 2. The van der Waals surface area contributed by atoms with E-state index in [0.29, 0.717) is 25.2 Å². The predicted molar refractivity (Wildman–Crippen MR) is 72.1 cm³/mol. The van der Waals surface area contributed by atoms with Crippen LogP contribution in [0.4, 0.5) is 14.9 Å². The van der Waals surface area contributed by atoms with E-state index in [4.69, 9.17) is 5.11 Å². The third-order valence-corrected chi connectivity index (χ3v) is 3.48. The number of carboxylic acid groups (broad SMARTS) is 1. The van der Waals surface area contributed by atoms with Gasteiger partial charge < -0.3 is 15.3 Å². The first-order valence-electron chi connectivity index (χ1n) is 6.49. The second-order valence-corrected chi connectivity index (χ2v) is 5.09. The number of likely N-dealkylation sites (tertiary alicyclic amines) is 1. The molecule has 1 fully saturated rings. The molecule has 1 saturated heterocycles. The Morgan fingerprint density at radius 1 is 1.50 bits per heavy atom. The van der Waals surface area contributed by atoms with Crippen molar-refractivity contribution in [1.82, 2.24) is 4.90 Å². The molecule has 1 aliphatic rings. The first-order chi connectivity index (χ1) is 9.45. The highest BCUT2D eigenvalue weighted by molar-refractivity contribution is 5.90. The molecule has 0 saturated carbocycles. The Kier molecular flexibility index (Phi) is 4.22. The average molecular weight is 280 g/mol. The standard InChI is InChI=1S/C14H17FN2O3/c1-9-2-3-11(15)7-12(9)16-14(20)17-5-4-10(8-17)6-13(18)19/h2-3,7,10H,4-6,8H2,1H3,(H,16,20)(H,18,19). The van der Waals surface area contributed by atoms with Crippen LogP contribution < -0.4 is 5.32 Å². The summed E-state index contributed by atoms with van der Waals surface area (Å²) in [7, 11) is 0. The molecule has 1 aromatic carbocycles. The lowest BCUT2D eigenvalue weighted by Gasteiger charge is -2.18. The molecule has 1 heterocycles. The van der Waals surface area contributed by atoms with Gasteiger partial charge in [-0.2, -0.15) is 0 Å². The van der Waals surface area contributed by atoms with Crippen molar-refractivity contribution in [2.45, 2.75) is 19.8 Å². The molecule has 108 valence electrons. The normalized spacial score (nSPS) is 18.1. The highest BCUT2D eigenvalue weighted by atomic mass is 19.1. The van der Waals surface area contributed by atoms with E-state index in [0.717, 1.165) is 5.56 Å². The summed E-state index contributed by atoms with van der Waals surface area (Å²) in [6.45, 7) is 2.73. The maximum atomic E-state index is 13.2. The number of halogens is 1. The fourth-order valence-electron chi connectivity index (χ4n) is 2.35. The molecule has 2 rings (SSSR count). The Hall–Kier alpha value is -2.11. The number of aliphatic carboxylic acids is 1. The number of hydrogen-bond acceptors (Lipinski definition) is 2. The summed E-state index contributed by atoms with van der Waals surface area (Å²) in [6.07, 6.45) is 0.755.